The highest BCUT2D eigenvalue weighted by Gasteiger charge is 2.34. The van der Waals surface area contributed by atoms with Crippen LogP contribution >= 0.6 is 0 Å². The van der Waals surface area contributed by atoms with E-state index in [-0.39, 0.29) is 5.92 Å². The zero-order valence-electron chi connectivity index (χ0n) is 9.83. The first-order chi connectivity index (χ1) is 7.18. The Labute approximate surface area is 92.2 Å². The van der Waals surface area contributed by atoms with E-state index in [0.29, 0.717) is 11.9 Å². The van der Waals surface area contributed by atoms with E-state index in [4.69, 9.17) is 0 Å². The average Bonchev–Trinajstić information content (AvgIpc) is 2.24. The molecule has 1 saturated carbocycles. The van der Waals surface area contributed by atoms with E-state index in [9.17, 15) is 4.79 Å². The normalized spacial score (nSPS) is 35.7. The van der Waals surface area contributed by atoms with Crippen LogP contribution in [0.1, 0.15) is 32.6 Å². The molecule has 3 heteroatoms. The molecular formula is C12H22N2O. The SMILES string of the molecule is CC1CC(N(C)C(=O)[C@@H]2CCCNC2)C1. The van der Waals surface area contributed by atoms with Gasteiger partial charge in [0, 0.05) is 19.6 Å². The summed E-state index contributed by atoms with van der Waals surface area (Å²) in [5, 5.41) is 3.31. The van der Waals surface area contributed by atoms with Crippen molar-refractivity contribution in [2.75, 3.05) is 20.1 Å². The molecule has 15 heavy (non-hydrogen) atoms. The molecule has 1 heterocycles. The molecule has 1 aliphatic carbocycles. The van der Waals surface area contributed by atoms with Crippen molar-refractivity contribution in [3.05, 3.63) is 0 Å². The lowest BCUT2D eigenvalue weighted by molar-refractivity contribution is -0.139. The molecule has 2 fully saturated rings. The van der Waals surface area contributed by atoms with Gasteiger partial charge in [-0.05, 0) is 38.1 Å². The summed E-state index contributed by atoms with van der Waals surface area (Å²) in [4.78, 5) is 14.1. The fourth-order valence-corrected chi connectivity index (χ4v) is 2.71. The topological polar surface area (TPSA) is 32.3 Å². The molecule has 2 rings (SSSR count). The number of hydrogen-bond donors (Lipinski definition) is 1. The summed E-state index contributed by atoms with van der Waals surface area (Å²) in [6, 6.07) is 0.523. The molecule has 0 radical (unpaired) electrons. The maximum Gasteiger partial charge on any atom is 0.226 e. The smallest absolute Gasteiger partial charge is 0.226 e. The van der Waals surface area contributed by atoms with Crippen LogP contribution in [0, 0.1) is 11.8 Å². The molecule has 1 N–H and O–H groups in total. The minimum Gasteiger partial charge on any atom is -0.342 e. The van der Waals surface area contributed by atoms with Crippen molar-refractivity contribution in [3.63, 3.8) is 0 Å². The highest BCUT2D eigenvalue weighted by atomic mass is 16.2. The van der Waals surface area contributed by atoms with Crippen molar-refractivity contribution in [2.45, 2.75) is 38.6 Å². The van der Waals surface area contributed by atoms with Gasteiger partial charge in [-0.3, -0.25) is 4.79 Å². The third kappa shape index (κ3) is 2.33. The second kappa shape index (κ2) is 4.52. The van der Waals surface area contributed by atoms with Crippen LogP contribution in [-0.4, -0.2) is 37.0 Å². The molecule has 0 aromatic rings. The highest BCUT2D eigenvalue weighted by molar-refractivity contribution is 5.79. The molecule has 0 bridgehead atoms. The molecule has 1 atom stereocenters. The Morgan fingerprint density at radius 1 is 1.40 bits per heavy atom. The molecule has 1 amide bonds. The zero-order valence-corrected chi connectivity index (χ0v) is 9.83. The van der Waals surface area contributed by atoms with Crippen molar-refractivity contribution in [2.24, 2.45) is 11.8 Å². The molecule has 2 aliphatic rings. The molecule has 1 aliphatic heterocycles. The predicted molar refractivity (Wildman–Crippen MR) is 60.5 cm³/mol. The quantitative estimate of drug-likeness (QED) is 0.744. The van der Waals surface area contributed by atoms with Crippen LogP contribution in [0.2, 0.25) is 0 Å². The Balaban J connectivity index is 1.83. The number of nitrogens with one attached hydrogen (secondary N) is 1. The number of piperidine rings is 1. The van der Waals surface area contributed by atoms with E-state index in [1.807, 2.05) is 11.9 Å². The summed E-state index contributed by atoms with van der Waals surface area (Å²) in [6.07, 6.45) is 4.61. The fourth-order valence-electron chi connectivity index (χ4n) is 2.71. The first-order valence-electron chi connectivity index (χ1n) is 6.16. The zero-order chi connectivity index (χ0) is 10.8. The molecule has 1 saturated heterocycles. The Morgan fingerprint density at radius 2 is 2.13 bits per heavy atom. The Bertz CT molecular complexity index is 230. The van der Waals surface area contributed by atoms with E-state index >= 15 is 0 Å². The van der Waals surface area contributed by atoms with Gasteiger partial charge in [-0.2, -0.15) is 0 Å². The van der Waals surface area contributed by atoms with Crippen molar-refractivity contribution in [1.29, 1.82) is 0 Å². The lowest BCUT2D eigenvalue weighted by Gasteiger charge is -2.41. The number of amides is 1. The van der Waals surface area contributed by atoms with Gasteiger partial charge in [0.2, 0.25) is 5.91 Å². The van der Waals surface area contributed by atoms with Crippen LogP contribution in [-0.2, 0) is 4.79 Å². The summed E-state index contributed by atoms with van der Waals surface area (Å²) in [5.41, 5.74) is 0. The third-order valence-corrected chi connectivity index (χ3v) is 3.89. The standard InChI is InChI=1S/C12H22N2O/c1-9-6-11(7-9)14(2)12(15)10-4-3-5-13-8-10/h9-11,13H,3-8H2,1-2H3/t9?,10-,11?/m1/s1. The number of nitrogens with zero attached hydrogens (tertiary/aromatic N) is 1. The molecule has 3 nitrogen and oxygen atoms in total. The Morgan fingerprint density at radius 3 is 2.67 bits per heavy atom. The average molecular weight is 210 g/mol. The number of carbonyl (C=O) groups is 1. The van der Waals surface area contributed by atoms with Gasteiger partial charge in [-0.25, -0.2) is 0 Å². The second-order valence-corrected chi connectivity index (χ2v) is 5.22. The monoisotopic (exact) mass is 210 g/mol. The summed E-state index contributed by atoms with van der Waals surface area (Å²) in [7, 11) is 1.98. The molecule has 0 spiro atoms. The second-order valence-electron chi connectivity index (χ2n) is 5.22. The van der Waals surface area contributed by atoms with Crippen LogP contribution in [0.4, 0.5) is 0 Å². The highest BCUT2D eigenvalue weighted by Crippen LogP contribution is 2.31. The van der Waals surface area contributed by atoms with Crippen molar-refractivity contribution < 1.29 is 4.79 Å². The summed E-state index contributed by atoms with van der Waals surface area (Å²) in [6.45, 7) is 4.22. The third-order valence-electron chi connectivity index (χ3n) is 3.89. The summed E-state index contributed by atoms with van der Waals surface area (Å²) < 4.78 is 0. The van der Waals surface area contributed by atoms with E-state index in [2.05, 4.69) is 12.2 Å². The molecule has 0 aromatic heterocycles. The first kappa shape index (κ1) is 10.9. The van der Waals surface area contributed by atoms with Gasteiger partial charge >= 0.3 is 0 Å². The van der Waals surface area contributed by atoms with Crippen LogP contribution in [0.25, 0.3) is 0 Å². The number of rotatable bonds is 2. The minimum absolute atomic E-state index is 0.236. The Hall–Kier alpha value is -0.570. The van der Waals surface area contributed by atoms with Crippen LogP contribution in [0.15, 0.2) is 0 Å². The van der Waals surface area contributed by atoms with Gasteiger partial charge < -0.3 is 10.2 Å². The van der Waals surface area contributed by atoms with Crippen LogP contribution in [0.3, 0.4) is 0 Å². The molecule has 0 unspecified atom stereocenters. The number of carbonyl (C=O) groups excluding carboxylic acids is 1. The summed E-state index contributed by atoms with van der Waals surface area (Å²) in [5.74, 6) is 1.41. The van der Waals surface area contributed by atoms with E-state index in [0.717, 1.165) is 31.8 Å². The van der Waals surface area contributed by atoms with Gasteiger partial charge in [-0.1, -0.05) is 6.92 Å². The first-order valence-corrected chi connectivity index (χ1v) is 6.16. The molecule has 86 valence electrons. The Kier molecular flexibility index (Phi) is 3.29. The lowest BCUT2D eigenvalue weighted by Crippen LogP contribution is -2.49. The van der Waals surface area contributed by atoms with E-state index in [1.165, 1.54) is 12.8 Å². The number of hydrogen-bond acceptors (Lipinski definition) is 2. The summed E-state index contributed by atoms with van der Waals surface area (Å²) >= 11 is 0. The van der Waals surface area contributed by atoms with Crippen molar-refractivity contribution >= 4 is 5.91 Å². The van der Waals surface area contributed by atoms with E-state index < -0.39 is 0 Å². The van der Waals surface area contributed by atoms with Crippen LogP contribution in [0.5, 0.6) is 0 Å². The van der Waals surface area contributed by atoms with Gasteiger partial charge in [0.15, 0.2) is 0 Å². The molecule has 0 aromatic carbocycles. The largest absolute Gasteiger partial charge is 0.342 e. The van der Waals surface area contributed by atoms with Crippen molar-refractivity contribution in [1.82, 2.24) is 10.2 Å². The predicted octanol–water partition coefficient (Wildman–Crippen LogP) is 1.24. The maximum atomic E-state index is 12.1. The fraction of sp³-hybridized carbons (Fsp3) is 0.917. The lowest BCUT2D eigenvalue weighted by atomic mass is 9.80. The van der Waals surface area contributed by atoms with Crippen LogP contribution < -0.4 is 5.32 Å². The van der Waals surface area contributed by atoms with Gasteiger partial charge in [0.05, 0.1) is 5.92 Å². The van der Waals surface area contributed by atoms with Gasteiger partial charge in [0.25, 0.3) is 0 Å². The maximum absolute atomic E-state index is 12.1. The van der Waals surface area contributed by atoms with Crippen molar-refractivity contribution in [3.8, 4) is 0 Å². The van der Waals surface area contributed by atoms with Gasteiger partial charge in [0.1, 0.15) is 0 Å². The molecular weight excluding hydrogens is 188 g/mol. The van der Waals surface area contributed by atoms with Gasteiger partial charge in [-0.15, -0.1) is 0 Å². The van der Waals surface area contributed by atoms with E-state index in [1.54, 1.807) is 0 Å². The minimum atomic E-state index is 0.236.